The number of carbonyl (C=O) groups excluding carboxylic acids is 1. The summed E-state index contributed by atoms with van der Waals surface area (Å²) in [7, 11) is 3.26. The first-order valence-electron chi connectivity index (χ1n) is 16.6. The summed E-state index contributed by atoms with van der Waals surface area (Å²) in [5, 5.41) is 23.1. The SMILES string of the molecule is COc1cc(/C=C\C(=O)[C@@H]2CC[C@]3(O)CC[C@]4(C)[C@H](CC[C@@H]5[C@@]6(C)CC[C@H](O)C(C)(C)[C@@H]6CC[C@]54C)[C@@H]23)cc(OC)c1. The highest BCUT2D eigenvalue weighted by Crippen LogP contribution is 2.76. The summed E-state index contributed by atoms with van der Waals surface area (Å²) < 4.78 is 10.8. The third-order valence-electron chi connectivity index (χ3n) is 14.5. The van der Waals surface area contributed by atoms with Gasteiger partial charge in [-0.2, -0.15) is 0 Å². The highest BCUT2D eigenvalue weighted by molar-refractivity contribution is 5.96. The van der Waals surface area contributed by atoms with E-state index in [9.17, 15) is 15.0 Å². The summed E-state index contributed by atoms with van der Waals surface area (Å²) in [6.07, 6.45) is 13.4. The molecule has 2 N–H and O–H groups in total. The average Bonchev–Trinajstić information content (AvgIpc) is 3.31. The molecule has 0 bridgehead atoms. The fourth-order valence-electron chi connectivity index (χ4n) is 12.1. The Bertz CT molecular complexity index is 1230. The molecular weight excluding hydrogens is 524 g/mol. The Morgan fingerprint density at radius 3 is 2.17 bits per heavy atom. The zero-order valence-corrected chi connectivity index (χ0v) is 27.0. The van der Waals surface area contributed by atoms with Gasteiger partial charge in [-0.1, -0.05) is 40.7 Å². The molecule has 0 amide bonds. The standard InChI is InChI=1S/C37H54O5/c1-33(2)29-13-16-36(5)30(34(29,3)15-14-31(33)39)11-9-27-32-26(12-17-37(32,40)19-18-35(27,36)4)28(38)10-8-23-20-24(41-6)22-25(21-23)42-7/h8,10,20-22,26-27,29-32,39-40H,9,11-19H2,1-7H3/b10-8-/t26-,27+,29-,30+,31-,32+,34-,35+,36+,37-/m0/s1. The fraction of sp³-hybridized carbons (Fsp3) is 0.757. The molecule has 5 fully saturated rings. The first-order chi connectivity index (χ1) is 19.7. The summed E-state index contributed by atoms with van der Waals surface area (Å²) in [6, 6.07) is 5.67. The second kappa shape index (κ2) is 10.1. The number of aliphatic hydroxyl groups excluding tert-OH is 1. The summed E-state index contributed by atoms with van der Waals surface area (Å²) in [6.45, 7) is 12.3. The van der Waals surface area contributed by atoms with Gasteiger partial charge in [0.1, 0.15) is 11.5 Å². The second-order valence-corrected chi connectivity index (χ2v) is 16.2. The van der Waals surface area contributed by atoms with E-state index < -0.39 is 5.60 Å². The number of ether oxygens (including phenoxy) is 2. The van der Waals surface area contributed by atoms with Crippen LogP contribution >= 0.6 is 0 Å². The lowest BCUT2D eigenvalue weighted by Crippen LogP contribution is -2.67. The van der Waals surface area contributed by atoms with Crippen LogP contribution in [0.2, 0.25) is 0 Å². The summed E-state index contributed by atoms with van der Waals surface area (Å²) in [4.78, 5) is 13.9. The van der Waals surface area contributed by atoms with Gasteiger partial charge in [-0.05, 0) is 127 Å². The van der Waals surface area contributed by atoms with E-state index in [0.29, 0.717) is 29.3 Å². The summed E-state index contributed by atoms with van der Waals surface area (Å²) in [5.41, 5.74) is 0.570. The number of benzene rings is 1. The number of hydrogen-bond acceptors (Lipinski definition) is 5. The van der Waals surface area contributed by atoms with Gasteiger partial charge in [0.25, 0.3) is 0 Å². The molecule has 5 heteroatoms. The molecule has 0 saturated heterocycles. The molecular formula is C37H54O5. The van der Waals surface area contributed by atoms with E-state index in [1.54, 1.807) is 20.3 Å². The Hall–Kier alpha value is -1.85. The molecule has 0 spiro atoms. The zero-order valence-electron chi connectivity index (χ0n) is 27.0. The highest BCUT2D eigenvalue weighted by Gasteiger charge is 2.71. The molecule has 42 heavy (non-hydrogen) atoms. The molecule has 232 valence electrons. The van der Waals surface area contributed by atoms with E-state index >= 15 is 0 Å². The summed E-state index contributed by atoms with van der Waals surface area (Å²) >= 11 is 0. The van der Waals surface area contributed by atoms with Gasteiger partial charge in [0.2, 0.25) is 0 Å². The maximum absolute atomic E-state index is 13.9. The van der Waals surface area contributed by atoms with E-state index in [2.05, 4.69) is 34.6 Å². The van der Waals surface area contributed by atoms with Gasteiger partial charge < -0.3 is 19.7 Å². The number of allylic oxidation sites excluding steroid dienone is 1. The zero-order chi connectivity index (χ0) is 30.3. The van der Waals surface area contributed by atoms with E-state index in [-0.39, 0.29) is 45.4 Å². The highest BCUT2D eigenvalue weighted by atomic mass is 16.5. The van der Waals surface area contributed by atoms with Gasteiger partial charge in [-0.3, -0.25) is 4.79 Å². The van der Waals surface area contributed by atoms with Crippen molar-refractivity contribution in [2.75, 3.05) is 14.2 Å². The topological polar surface area (TPSA) is 76.0 Å². The summed E-state index contributed by atoms with van der Waals surface area (Å²) in [5.74, 6) is 2.91. The van der Waals surface area contributed by atoms with Crippen LogP contribution in [0.1, 0.15) is 104 Å². The minimum atomic E-state index is -0.737. The maximum atomic E-state index is 13.9. The average molecular weight is 579 g/mol. The molecule has 0 aromatic heterocycles. The number of methoxy groups -OCH3 is 2. The van der Waals surface area contributed by atoms with Gasteiger partial charge in [0, 0.05) is 17.9 Å². The Labute approximate surface area is 253 Å². The van der Waals surface area contributed by atoms with Crippen molar-refractivity contribution in [1.82, 2.24) is 0 Å². The number of ketones is 1. The van der Waals surface area contributed by atoms with Crippen molar-refractivity contribution in [3.63, 3.8) is 0 Å². The lowest BCUT2D eigenvalue weighted by molar-refractivity contribution is -0.254. The van der Waals surface area contributed by atoms with Gasteiger partial charge in [-0.15, -0.1) is 0 Å². The Kier molecular flexibility index (Phi) is 7.25. The molecule has 0 heterocycles. The molecule has 10 atom stereocenters. The van der Waals surface area contributed by atoms with Crippen molar-refractivity contribution in [1.29, 1.82) is 0 Å². The first kappa shape index (κ1) is 30.2. The Morgan fingerprint density at radius 2 is 1.50 bits per heavy atom. The van der Waals surface area contributed by atoms with Crippen molar-refractivity contribution in [2.24, 2.45) is 51.2 Å². The van der Waals surface area contributed by atoms with Crippen LogP contribution in [0.25, 0.3) is 6.08 Å². The fourth-order valence-corrected chi connectivity index (χ4v) is 12.1. The van der Waals surface area contributed by atoms with Crippen LogP contribution in [-0.2, 0) is 4.79 Å². The number of fused-ring (bicyclic) bond motifs is 7. The van der Waals surface area contributed by atoms with Crippen LogP contribution in [0.15, 0.2) is 24.3 Å². The third-order valence-corrected chi connectivity index (χ3v) is 14.5. The maximum Gasteiger partial charge on any atom is 0.159 e. The van der Waals surface area contributed by atoms with Crippen LogP contribution < -0.4 is 9.47 Å². The molecule has 5 aliphatic rings. The predicted octanol–water partition coefficient (Wildman–Crippen LogP) is 7.47. The van der Waals surface area contributed by atoms with E-state index in [0.717, 1.165) is 50.5 Å². The van der Waals surface area contributed by atoms with Gasteiger partial charge in [-0.25, -0.2) is 0 Å². The lowest BCUT2D eigenvalue weighted by atomic mass is 9.33. The molecule has 6 rings (SSSR count). The lowest BCUT2D eigenvalue weighted by Gasteiger charge is -2.72. The van der Waals surface area contributed by atoms with Crippen molar-refractivity contribution in [3.05, 3.63) is 29.8 Å². The molecule has 5 saturated carbocycles. The van der Waals surface area contributed by atoms with Gasteiger partial charge >= 0.3 is 0 Å². The van der Waals surface area contributed by atoms with Gasteiger partial charge in [0.15, 0.2) is 5.78 Å². The third kappa shape index (κ3) is 4.19. The van der Waals surface area contributed by atoms with Crippen LogP contribution in [0, 0.1) is 51.2 Å². The normalized spacial score (nSPS) is 45.8. The molecule has 1 aromatic carbocycles. The van der Waals surface area contributed by atoms with Crippen molar-refractivity contribution >= 4 is 11.9 Å². The van der Waals surface area contributed by atoms with Crippen molar-refractivity contribution in [3.8, 4) is 11.5 Å². The minimum absolute atomic E-state index is 0.0150. The van der Waals surface area contributed by atoms with Crippen LogP contribution in [0.4, 0.5) is 0 Å². The molecule has 0 radical (unpaired) electrons. The molecule has 5 aliphatic carbocycles. The first-order valence-corrected chi connectivity index (χ1v) is 16.6. The Morgan fingerprint density at radius 1 is 0.810 bits per heavy atom. The van der Waals surface area contributed by atoms with Crippen LogP contribution in [0.3, 0.4) is 0 Å². The van der Waals surface area contributed by atoms with Crippen molar-refractivity contribution < 1.29 is 24.5 Å². The number of aliphatic hydroxyl groups is 2. The number of rotatable bonds is 5. The van der Waals surface area contributed by atoms with Crippen molar-refractivity contribution in [2.45, 2.75) is 111 Å². The predicted molar refractivity (Wildman–Crippen MR) is 166 cm³/mol. The quantitative estimate of drug-likeness (QED) is 0.355. The molecule has 0 aliphatic heterocycles. The smallest absolute Gasteiger partial charge is 0.159 e. The molecule has 5 nitrogen and oxygen atoms in total. The van der Waals surface area contributed by atoms with Gasteiger partial charge in [0.05, 0.1) is 25.9 Å². The monoisotopic (exact) mass is 578 g/mol. The number of hydrogen-bond donors (Lipinski definition) is 2. The van der Waals surface area contributed by atoms with Crippen LogP contribution in [-0.4, -0.2) is 41.9 Å². The molecule has 0 unspecified atom stereocenters. The minimum Gasteiger partial charge on any atom is -0.497 e. The Balaban J connectivity index is 1.29. The number of carbonyl (C=O) groups is 1. The van der Waals surface area contributed by atoms with E-state index in [4.69, 9.17) is 9.47 Å². The largest absolute Gasteiger partial charge is 0.497 e. The van der Waals surface area contributed by atoms with E-state index in [1.165, 1.54) is 19.3 Å². The second-order valence-electron chi connectivity index (χ2n) is 16.2. The molecule has 1 aromatic rings. The van der Waals surface area contributed by atoms with E-state index in [1.807, 2.05) is 24.3 Å². The van der Waals surface area contributed by atoms with Crippen LogP contribution in [0.5, 0.6) is 11.5 Å².